The van der Waals surface area contributed by atoms with E-state index < -0.39 is 0 Å². The van der Waals surface area contributed by atoms with Crippen molar-refractivity contribution in [3.63, 3.8) is 0 Å². The maximum atomic E-state index is 5.57. The largest absolute Gasteiger partial charge is 0.471 e. The molecule has 86 valence electrons. The Labute approximate surface area is 91.0 Å². The van der Waals surface area contributed by atoms with Gasteiger partial charge in [-0.25, -0.2) is 0 Å². The van der Waals surface area contributed by atoms with Gasteiger partial charge in [0.1, 0.15) is 11.2 Å². The Morgan fingerprint density at radius 1 is 1.00 bits per heavy atom. The number of aromatic nitrogens is 2. The number of rotatable bonds is 2. The van der Waals surface area contributed by atoms with Crippen molar-refractivity contribution in [2.45, 2.75) is 52.7 Å². The van der Waals surface area contributed by atoms with Crippen molar-refractivity contribution in [1.82, 2.24) is 9.97 Å². The highest BCUT2D eigenvalue weighted by Gasteiger charge is 2.17. The van der Waals surface area contributed by atoms with Gasteiger partial charge in [-0.15, -0.1) is 0 Å². The molecule has 0 saturated carbocycles. The molecule has 0 spiro atoms. The number of nitrogens with one attached hydrogen (secondary N) is 1. The van der Waals surface area contributed by atoms with Gasteiger partial charge >= 0.3 is 0 Å². The Balaban J connectivity index is 2.65. The fraction of sp³-hybridized carbons (Fsp3) is 0.727. The molecule has 0 amide bonds. The highest BCUT2D eigenvalue weighted by atomic mass is 16.5. The van der Waals surface area contributed by atoms with Gasteiger partial charge in [0.15, 0.2) is 0 Å². The summed E-state index contributed by atoms with van der Waals surface area (Å²) in [6.07, 6.45) is 1.70. The molecule has 0 aliphatic carbocycles. The topological polar surface area (TPSA) is 47.1 Å². The van der Waals surface area contributed by atoms with Crippen LogP contribution in [-0.2, 0) is 0 Å². The zero-order valence-corrected chi connectivity index (χ0v) is 10.3. The zero-order chi connectivity index (χ0) is 11.7. The van der Waals surface area contributed by atoms with Crippen LogP contribution in [-0.4, -0.2) is 21.2 Å². The molecule has 1 N–H and O–H groups in total. The quantitative estimate of drug-likeness (QED) is 0.820. The van der Waals surface area contributed by atoms with Gasteiger partial charge in [-0.2, -0.15) is 4.98 Å². The monoisotopic (exact) mass is 212 g/mol. The zero-order valence-electron chi connectivity index (χ0n) is 10.3. The lowest BCUT2D eigenvalue weighted by Crippen LogP contribution is -2.24. The average molecular weight is 212 g/mol. The third-order valence-electron chi connectivity index (χ3n) is 1.34. The molecule has 0 aliphatic heterocycles. The maximum Gasteiger partial charge on any atom is 0.297 e. The molecule has 1 rings (SSSR count). The minimum absolute atomic E-state index is 0.242. The normalized spacial score (nSPS) is 12.7. The summed E-state index contributed by atoms with van der Waals surface area (Å²) in [6, 6.07) is 0.488. The van der Waals surface area contributed by atoms with Crippen LogP contribution < -0.4 is 9.47 Å². The maximum absolute atomic E-state index is 5.57. The highest BCUT2D eigenvalue weighted by Crippen LogP contribution is 2.20. The molecule has 15 heavy (non-hydrogen) atoms. The van der Waals surface area contributed by atoms with Crippen molar-refractivity contribution >= 4 is 0 Å². The average Bonchev–Trinajstić information content (AvgIpc) is 2.28. The van der Waals surface area contributed by atoms with E-state index in [2.05, 4.69) is 9.97 Å². The van der Waals surface area contributed by atoms with Crippen molar-refractivity contribution in [3.05, 3.63) is 6.20 Å². The van der Waals surface area contributed by atoms with Crippen LogP contribution in [0, 0.1) is 0 Å². The number of hydrogen-bond acceptors (Lipinski definition) is 3. The summed E-state index contributed by atoms with van der Waals surface area (Å²) in [6.45, 7) is 11.9. The summed E-state index contributed by atoms with van der Waals surface area (Å²) >= 11 is 0. The van der Waals surface area contributed by atoms with Crippen LogP contribution >= 0.6 is 0 Å². The molecule has 0 aromatic carbocycles. The van der Waals surface area contributed by atoms with E-state index in [1.54, 1.807) is 6.20 Å². The minimum atomic E-state index is -0.253. The number of nitrogens with zero attached hydrogens (tertiary/aromatic N) is 1. The Hall–Kier alpha value is -1.19. The number of aromatic amines is 1. The minimum Gasteiger partial charge on any atom is -0.471 e. The van der Waals surface area contributed by atoms with Crippen LogP contribution in [0.5, 0.6) is 11.9 Å². The van der Waals surface area contributed by atoms with E-state index in [-0.39, 0.29) is 11.2 Å². The number of hydrogen-bond donors (Lipinski definition) is 1. The second kappa shape index (κ2) is 3.76. The summed E-state index contributed by atoms with van der Waals surface area (Å²) in [5, 5.41) is 0. The predicted octanol–water partition coefficient (Wildman–Crippen LogP) is 2.76. The van der Waals surface area contributed by atoms with Crippen molar-refractivity contribution in [2.24, 2.45) is 0 Å². The first-order chi connectivity index (χ1) is 6.66. The lowest BCUT2D eigenvalue weighted by molar-refractivity contribution is 0.110. The Kier molecular flexibility index (Phi) is 2.98. The molecule has 4 heteroatoms. The molecule has 4 nitrogen and oxygen atoms in total. The Morgan fingerprint density at radius 3 is 2.00 bits per heavy atom. The highest BCUT2D eigenvalue weighted by molar-refractivity contribution is 5.12. The van der Waals surface area contributed by atoms with E-state index in [0.29, 0.717) is 11.9 Å². The molecule has 0 saturated heterocycles. The van der Waals surface area contributed by atoms with E-state index in [9.17, 15) is 0 Å². The molecule has 1 aromatic heterocycles. The Bertz CT molecular complexity index is 288. The van der Waals surface area contributed by atoms with Crippen molar-refractivity contribution in [1.29, 1.82) is 0 Å². The second-order valence-electron chi connectivity index (χ2n) is 5.47. The van der Waals surface area contributed by atoms with Gasteiger partial charge in [0.2, 0.25) is 5.88 Å². The van der Waals surface area contributed by atoms with Crippen molar-refractivity contribution in [2.75, 3.05) is 0 Å². The van der Waals surface area contributed by atoms with Gasteiger partial charge < -0.3 is 14.5 Å². The lowest BCUT2D eigenvalue weighted by Gasteiger charge is -2.19. The molecule has 0 fully saturated rings. The van der Waals surface area contributed by atoms with E-state index in [1.807, 2.05) is 41.5 Å². The number of imidazole rings is 1. The van der Waals surface area contributed by atoms with Crippen molar-refractivity contribution in [3.8, 4) is 11.9 Å². The van der Waals surface area contributed by atoms with Crippen LogP contribution in [0.15, 0.2) is 6.20 Å². The molecule has 0 unspecified atom stereocenters. The standard InChI is InChI=1S/C11H20N2O2/c1-10(2,3)14-8-7-12-9(13-8)15-11(4,5)6/h7H,1-6H3,(H,12,13). The molecular weight excluding hydrogens is 192 g/mol. The molecular formula is C11H20N2O2. The Morgan fingerprint density at radius 2 is 1.53 bits per heavy atom. The molecule has 0 aliphatic rings. The van der Waals surface area contributed by atoms with Gasteiger partial charge in [0, 0.05) is 0 Å². The van der Waals surface area contributed by atoms with E-state index in [0.717, 1.165) is 0 Å². The predicted molar refractivity (Wildman–Crippen MR) is 59.3 cm³/mol. The summed E-state index contributed by atoms with van der Waals surface area (Å²) in [7, 11) is 0. The van der Waals surface area contributed by atoms with Gasteiger partial charge in [-0.1, -0.05) is 0 Å². The summed E-state index contributed by atoms with van der Waals surface area (Å²) < 4.78 is 11.1. The number of ether oxygens (including phenoxy) is 2. The van der Waals surface area contributed by atoms with Crippen LogP contribution in [0.25, 0.3) is 0 Å². The van der Waals surface area contributed by atoms with E-state index in [4.69, 9.17) is 9.47 Å². The molecule has 1 aromatic rings. The molecule has 0 atom stereocenters. The number of H-pyrrole nitrogens is 1. The summed E-state index contributed by atoms with van der Waals surface area (Å²) in [5.74, 6) is 0.557. The van der Waals surface area contributed by atoms with Gasteiger partial charge in [-0.3, -0.25) is 0 Å². The van der Waals surface area contributed by atoms with Gasteiger partial charge in [-0.05, 0) is 41.5 Å². The third-order valence-corrected chi connectivity index (χ3v) is 1.34. The first-order valence-electron chi connectivity index (χ1n) is 5.09. The SMILES string of the molecule is CC(C)(C)Oc1c[nH]c(OC(C)(C)C)n1. The van der Waals surface area contributed by atoms with Crippen LogP contribution in [0.2, 0.25) is 0 Å². The first-order valence-corrected chi connectivity index (χ1v) is 5.09. The third kappa shape index (κ3) is 4.72. The summed E-state index contributed by atoms with van der Waals surface area (Å²) in [5.41, 5.74) is -0.495. The summed E-state index contributed by atoms with van der Waals surface area (Å²) in [4.78, 5) is 7.11. The van der Waals surface area contributed by atoms with Crippen molar-refractivity contribution < 1.29 is 9.47 Å². The van der Waals surface area contributed by atoms with Crippen LogP contribution in [0.1, 0.15) is 41.5 Å². The fourth-order valence-corrected chi connectivity index (χ4v) is 0.996. The van der Waals surface area contributed by atoms with E-state index >= 15 is 0 Å². The van der Waals surface area contributed by atoms with Gasteiger partial charge in [0.25, 0.3) is 6.01 Å². The smallest absolute Gasteiger partial charge is 0.297 e. The first kappa shape index (κ1) is 11.9. The van der Waals surface area contributed by atoms with Gasteiger partial charge in [0.05, 0.1) is 6.20 Å². The molecule has 1 heterocycles. The van der Waals surface area contributed by atoms with Crippen LogP contribution in [0.3, 0.4) is 0 Å². The lowest BCUT2D eigenvalue weighted by atomic mass is 10.2. The van der Waals surface area contributed by atoms with E-state index in [1.165, 1.54) is 0 Å². The fourth-order valence-electron chi connectivity index (χ4n) is 0.996. The second-order valence-corrected chi connectivity index (χ2v) is 5.47. The molecule has 0 radical (unpaired) electrons. The van der Waals surface area contributed by atoms with Crippen LogP contribution in [0.4, 0.5) is 0 Å². The molecule has 0 bridgehead atoms.